The van der Waals surface area contributed by atoms with Crippen molar-refractivity contribution in [3.8, 4) is 0 Å². The molecule has 2 rings (SSSR count). The molecule has 0 atom stereocenters. The van der Waals surface area contributed by atoms with E-state index < -0.39 is 0 Å². The molecule has 94 valence electrons. The number of hydrogen-bond donors (Lipinski definition) is 1. The van der Waals surface area contributed by atoms with Crippen molar-refractivity contribution in [1.82, 2.24) is 9.97 Å². The van der Waals surface area contributed by atoms with Gasteiger partial charge in [-0.15, -0.1) is 0 Å². The van der Waals surface area contributed by atoms with Gasteiger partial charge in [-0.3, -0.25) is 0 Å². The fraction of sp³-hybridized carbons (Fsp3) is 0.167. The number of nitrogens with zero attached hydrogens (tertiary/aromatic N) is 3. The molecular formula is C12H12BrClN4. The Morgan fingerprint density at radius 1 is 1.33 bits per heavy atom. The van der Waals surface area contributed by atoms with Crippen LogP contribution >= 0.6 is 27.5 Å². The minimum absolute atomic E-state index is 0.196. The highest BCUT2D eigenvalue weighted by molar-refractivity contribution is 9.10. The van der Waals surface area contributed by atoms with Gasteiger partial charge in [0.2, 0.25) is 5.28 Å². The van der Waals surface area contributed by atoms with Crippen molar-refractivity contribution in [2.45, 2.75) is 6.54 Å². The van der Waals surface area contributed by atoms with E-state index in [4.69, 9.17) is 17.3 Å². The first kappa shape index (κ1) is 13.1. The lowest BCUT2D eigenvalue weighted by atomic mass is 10.2. The molecule has 0 saturated heterocycles. The van der Waals surface area contributed by atoms with E-state index in [2.05, 4.69) is 25.9 Å². The second-order valence-electron chi connectivity index (χ2n) is 3.90. The van der Waals surface area contributed by atoms with Crippen LogP contribution in [0.5, 0.6) is 0 Å². The predicted octanol–water partition coefficient (Wildman–Crippen LogP) is 3.11. The SMILES string of the molecule is CN(Cc1ccc(Br)cc1)c1nc(Cl)ncc1N. The molecule has 1 aromatic heterocycles. The number of hydrogen-bond acceptors (Lipinski definition) is 4. The summed E-state index contributed by atoms with van der Waals surface area (Å²) in [5.74, 6) is 0.637. The van der Waals surface area contributed by atoms with E-state index >= 15 is 0 Å². The van der Waals surface area contributed by atoms with Gasteiger partial charge in [0.15, 0.2) is 5.82 Å². The summed E-state index contributed by atoms with van der Waals surface area (Å²) in [4.78, 5) is 9.91. The Balaban J connectivity index is 2.18. The highest BCUT2D eigenvalue weighted by Crippen LogP contribution is 2.21. The summed E-state index contributed by atoms with van der Waals surface area (Å²) in [5.41, 5.74) is 7.51. The number of nitrogens with two attached hydrogens (primary N) is 1. The minimum Gasteiger partial charge on any atom is -0.394 e. The van der Waals surface area contributed by atoms with Gasteiger partial charge in [0, 0.05) is 18.1 Å². The van der Waals surface area contributed by atoms with Crippen LogP contribution in [-0.4, -0.2) is 17.0 Å². The molecule has 4 nitrogen and oxygen atoms in total. The van der Waals surface area contributed by atoms with E-state index in [1.54, 1.807) is 0 Å². The lowest BCUT2D eigenvalue weighted by molar-refractivity contribution is 0.893. The number of aromatic nitrogens is 2. The summed E-state index contributed by atoms with van der Waals surface area (Å²) < 4.78 is 1.05. The third-order valence-corrected chi connectivity index (χ3v) is 3.17. The topological polar surface area (TPSA) is 55.0 Å². The van der Waals surface area contributed by atoms with Gasteiger partial charge in [-0.2, -0.15) is 4.98 Å². The van der Waals surface area contributed by atoms with Gasteiger partial charge in [0.25, 0.3) is 0 Å². The molecule has 0 radical (unpaired) electrons. The molecule has 1 aromatic carbocycles. The molecule has 0 unspecified atom stereocenters. The maximum atomic E-state index is 5.84. The van der Waals surface area contributed by atoms with Gasteiger partial charge >= 0.3 is 0 Å². The van der Waals surface area contributed by atoms with Crippen molar-refractivity contribution >= 4 is 39.0 Å². The predicted molar refractivity (Wildman–Crippen MR) is 77.7 cm³/mol. The molecule has 0 saturated carbocycles. The Bertz CT molecular complexity index is 544. The average molecular weight is 328 g/mol. The summed E-state index contributed by atoms with van der Waals surface area (Å²) in [6.07, 6.45) is 1.52. The van der Waals surface area contributed by atoms with E-state index in [-0.39, 0.29) is 5.28 Å². The molecule has 0 fully saturated rings. The lowest BCUT2D eigenvalue weighted by Crippen LogP contribution is -2.19. The van der Waals surface area contributed by atoms with Crippen molar-refractivity contribution in [2.75, 3.05) is 17.7 Å². The number of anilines is 2. The van der Waals surface area contributed by atoms with E-state index in [1.165, 1.54) is 6.20 Å². The summed E-state index contributed by atoms with van der Waals surface area (Å²) in [6, 6.07) is 8.08. The summed E-state index contributed by atoms with van der Waals surface area (Å²) in [6.45, 7) is 0.699. The summed E-state index contributed by atoms with van der Waals surface area (Å²) in [5, 5.41) is 0.196. The quantitative estimate of drug-likeness (QED) is 0.880. The molecule has 18 heavy (non-hydrogen) atoms. The monoisotopic (exact) mass is 326 g/mol. The smallest absolute Gasteiger partial charge is 0.224 e. The maximum Gasteiger partial charge on any atom is 0.224 e. The van der Waals surface area contributed by atoms with Gasteiger partial charge in [-0.25, -0.2) is 4.98 Å². The largest absolute Gasteiger partial charge is 0.394 e. The number of halogens is 2. The number of nitrogen functional groups attached to an aromatic ring is 1. The van der Waals surface area contributed by atoms with E-state index in [1.807, 2.05) is 36.2 Å². The Hall–Kier alpha value is -1.33. The van der Waals surface area contributed by atoms with Crippen LogP contribution in [0.3, 0.4) is 0 Å². The first-order valence-corrected chi connectivity index (χ1v) is 6.47. The lowest BCUT2D eigenvalue weighted by Gasteiger charge is -2.19. The minimum atomic E-state index is 0.196. The standard InChI is InChI=1S/C12H12BrClN4/c1-18(7-8-2-4-9(13)5-3-8)11-10(15)6-16-12(14)17-11/h2-6H,7,15H2,1H3. The Morgan fingerprint density at radius 3 is 2.67 bits per heavy atom. The molecule has 2 aromatic rings. The first-order valence-electron chi connectivity index (χ1n) is 5.30. The van der Waals surface area contributed by atoms with Gasteiger partial charge in [-0.05, 0) is 29.3 Å². The number of rotatable bonds is 3. The molecule has 0 amide bonds. The fourth-order valence-corrected chi connectivity index (χ4v) is 2.00. The third-order valence-electron chi connectivity index (χ3n) is 2.46. The van der Waals surface area contributed by atoms with Gasteiger partial charge < -0.3 is 10.6 Å². The van der Waals surface area contributed by atoms with Crippen molar-refractivity contribution < 1.29 is 0 Å². The second kappa shape index (κ2) is 5.54. The van der Waals surface area contributed by atoms with E-state index in [0.29, 0.717) is 18.1 Å². The Labute approximate surface area is 119 Å². The molecule has 2 N–H and O–H groups in total. The molecular weight excluding hydrogens is 316 g/mol. The highest BCUT2D eigenvalue weighted by Gasteiger charge is 2.09. The van der Waals surface area contributed by atoms with E-state index in [9.17, 15) is 0 Å². The normalized spacial score (nSPS) is 10.4. The zero-order valence-electron chi connectivity index (χ0n) is 9.77. The Kier molecular flexibility index (Phi) is 4.04. The first-order chi connectivity index (χ1) is 8.56. The Morgan fingerprint density at radius 2 is 2.00 bits per heavy atom. The fourth-order valence-electron chi connectivity index (χ4n) is 1.61. The van der Waals surface area contributed by atoms with Crippen LogP contribution in [0.15, 0.2) is 34.9 Å². The zero-order chi connectivity index (χ0) is 13.1. The van der Waals surface area contributed by atoms with Crippen LogP contribution in [-0.2, 0) is 6.54 Å². The molecule has 0 aliphatic heterocycles. The van der Waals surface area contributed by atoms with Gasteiger partial charge in [-0.1, -0.05) is 28.1 Å². The van der Waals surface area contributed by atoms with Crippen LogP contribution < -0.4 is 10.6 Å². The summed E-state index contributed by atoms with van der Waals surface area (Å²) >= 11 is 9.18. The van der Waals surface area contributed by atoms with Crippen LogP contribution in [0.25, 0.3) is 0 Å². The van der Waals surface area contributed by atoms with Crippen molar-refractivity contribution in [3.63, 3.8) is 0 Å². The average Bonchev–Trinajstić information content (AvgIpc) is 2.35. The summed E-state index contributed by atoms with van der Waals surface area (Å²) in [7, 11) is 1.91. The van der Waals surface area contributed by atoms with Gasteiger partial charge in [0.05, 0.1) is 11.9 Å². The molecule has 0 spiro atoms. The third kappa shape index (κ3) is 3.11. The zero-order valence-corrected chi connectivity index (χ0v) is 12.1. The molecule has 0 aliphatic rings. The van der Waals surface area contributed by atoms with E-state index in [0.717, 1.165) is 10.0 Å². The van der Waals surface area contributed by atoms with Crippen LogP contribution in [0.1, 0.15) is 5.56 Å². The van der Waals surface area contributed by atoms with Crippen molar-refractivity contribution in [2.24, 2.45) is 0 Å². The second-order valence-corrected chi connectivity index (χ2v) is 5.15. The van der Waals surface area contributed by atoms with Crippen molar-refractivity contribution in [3.05, 3.63) is 45.8 Å². The van der Waals surface area contributed by atoms with Crippen molar-refractivity contribution in [1.29, 1.82) is 0 Å². The molecule has 1 heterocycles. The van der Waals surface area contributed by atoms with Crippen LogP contribution in [0, 0.1) is 0 Å². The molecule has 6 heteroatoms. The van der Waals surface area contributed by atoms with Crippen LogP contribution in [0.4, 0.5) is 11.5 Å². The number of benzene rings is 1. The maximum absolute atomic E-state index is 5.84. The molecule has 0 bridgehead atoms. The van der Waals surface area contributed by atoms with Gasteiger partial charge in [0.1, 0.15) is 0 Å². The highest BCUT2D eigenvalue weighted by atomic mass is 79.9. The van der Waals surface area contributed by atoms with Crippen LogP contribution in [0.2, 0.25) is 5.28 Å². The molecule has 0 aliphatic carbocycles.